The Hall–Kier alpha value is -3.78. The normalized spacial score (nSPS) is 12.0. The van der Waals surface area contributed by atoms with E-state index in [1.807, 2.05) is 0 Å². The summed E-state index contributed by atoms with van der Waals surface area (Å²) in [6, 6.07) is 6.29. The van der Waals surface area contributed by atoms with Gasteiger partial charge in [0.1, 0.15) is 0 Å². The number of amides is 1. The summed E-state index contributed by atoms with van der Waals surface area (Å²) in [5.74, 6) is -1.01. The number of para-hydroxylation sites is 1. The highest BCUT2D eigenvalue weighted by Gasteiger charge is 2.41. The predicted octanol–water partition coefficient (Wildman–Crippen LogP) is 3.18. The number of halogens is 4. The Kier molecular flexibility index (Phi) is 5.87. The molecule has 176 valence electrons. The smallest absolute Gasteiger partial charge is 0.320 e. The van der Waals surface area contributed by atoms with Gasteiger partial charge in [0.2, 0.25) is 0 Å². The van der Waals surface area contributed by atoms with Gasteiger partial charge in [0, 0.05) is 6.26 Å². The number of pyridine rings is 1. The third-order valence-corrected chi connectivity index (χ3v) is 5.89. The van der Waals surface area contributed by atoms with Crippen LogP contribution in [0, 0.1) is 0 Å². The molecule has 34 heavy (non-hydrogen) atoms. The van der Waals surface area contributed by atoms with Gasteiger partial charge in [0.25, 0.3) is 5.91 Å². The lowest BCUT2D eigenvalue weighted by molar-refractivity contribution is -0.143. The van der Waals surface area contributed by atoms with Gasteiger partial charge >= 0.3 is 6.18 Å². The highest BCUT2D eigenvalue weighted by molar-refractivity contribution is 7.90. The molecular formula is C19H13ClF3N7O3S. The number of carbonyl (C=O) groups is 1. The number of nitrogens with zero attached hydrogens (tertiary/aromatic N) is 6. The van der Waals surface area contributed by atoms with Crippen molar-refractivity contribution in [2.75, 3.05) is 11.6 Å². The second kappa shape index (κ2) is 8.53. The Balaban J connectivity index is 1.73. The minimum absolute atomic E-state index is 0.00307. The molecule has 0 spiro atoms. The molecule has 0 radical (unpaired) electrons. The summed E-state index contributed by atoms with van der Waals surface area (Å²) >= 11 is 6.13. The van der Waals surface area contributed by atoms with Crippen LogP contribution in [0.25, 0.3) is 11.5 Å². The molecule has 0 aliphatic rings. The van der Waals surface area contributed by atoms with Gasteiger partial charge < -0.3 is 5.32 Å². The van der Waals surface area contributed by atoms with Gasteiger partial charge in [0.05, 0.1) is 51.6 Å². The maximum atomic E-state index is 14.0. The number of hydrogen-bond donors (Lipinski definition) is 1. The molecule has 4 aromatic rings. The summed E-state index contributed by atoms with van der Waals surface area (Å²) in [5, 5.41) is 13.7. The van der Waals surface area contributed by atoms with Crippen LogP contribution in [0.4, 0.5) is 18.9 Å². The minimum Gasteiger partial charge on any atom is -0.320 e. The molecular weight excluding hydrogens is 499 g/mol. The van der Waals surface area contributed by atoms with E-state index in [4.69, 9.17) is 11.6 Å². The lowest BCUT2D eigenvalue weighted by Crippen LogP contribution is -2.21. The largest absolute Gasteiger partial charge is 0.434 e. The van der Waals surface area contributed by atoms with Crippen molar-refractivity contribution in [3.8, 4) is 11.5 Å². The molecule has 0 bridgehead atoms. The lowest BCUT2D eigenvalue weighted by atomic mass is 10.2. The molecule has 0 aliphatic carbocycles. The number of benzene rings is 1. The standard InChI is InChI=1S/C19H13ClF3N7O3S/c1-34(32,33)15-5-3-2-4-14(15)29-16(19(21,22)23)12(10-27-29)18(31)28-11-8-13(20)17(24-9-11)30-25-6-7-26-30/h2-10H,1H3,(H,28,31). The first-order chi connectivity index (χ1) is 16.0. The van der Waals surface area contributed by atoms with Crippen molar-refractivity contribution in [3.05, 3.63) is 71.4 Å². The molecule has 1 N–H and O–H groups in total. The highest BCUT2D eigenvalue weighted by Crippen LogP contribution is 2.35. The summed E-state index contributed by atoms with van der Waals surface area (Å²) in [6.07, 6.45) is 0.472. The monoisotopic (exact) mass is 511 g/mol. The molecule has 0 atom stereocenters. The number of aromatic nitrogens is 6. The molecule has 0 unspecified atom stereocenters. The summed E-state index contributed by atoms with van der Waals surface area (Å²) in [5.41, 5.74) is -2.62. The number of sulfone groups is 1. The van der Waals surface area contributed by atoms with Crippen LogP contribution in [0.2, 0.25) is 5.02 Å². The molecule has 0 saturated carbocycles. The molecule has 0 aliphatic heterocycles. The quantitative estimate of drug-likeness (QED) is 0.436. The number of hydrogen-bond acceptors (Lipinski definition) is 7. The number of nitrogens with one attached hydrogen (secondary N) is 1. The fourth-order valence-corrected chi connectivity index (χ4v) is 4.19. The maximum Gasteiger partial charge on any atom is 0.434 e. The molecule has 1 aromatic carbocycles. The van der Waals surface area contributed by atoms with E-state index in [1.54, 1.807) is 0 Å². The van der Waals surface area contributed by atoms with E-state index in [-0.39, 0.29) is 27.1 Å². The van der Waals surface area contributed by atoms with E-state index in [1.165, 1.54) is 36.8 Å². The van der Waals surface area contributed by atoms with Crippen molar-refractivity contribution in [2.45, 2.75) is 11.1 Å². The Labute approximate surface area is 194 Å². The molecule has 0 fully saturated rings. The zero-order valence-electron chi connectivity index (χ0n) is 17.0. The van der Waals surface area contributed by atoms with Gasteiger partial charge in [0.15, 0.2) is 21.3 Å². The first kappa shape index (κ1) is 23.4. The van der Waals surface area contributed by atoms with Crippen LogP contribution in [0.5, 0.6) is 0 Å². The van der Waals surface area contributed by atoms with Gasteiger partial charge in [-0.25, -0.2) is 18.1 Å². The summed E-state index contributed by atoms with van der Waals surface area (Å²) in [7, 11) is -3.89. The SMILES string of the molecule is CS(=O)(=O)c1ccccc1-n1ncc(C(=O)Nc2cnc(-n3nccn3)c(Cl)c2)c1C(F)(F)F. The molecule has 10 nitrogen and oxygen atoms in total. The zero-order chi connectivity index (χ0) is 24.7. The van der Waals surface area contributed by atoms with Gasteiger partial charge in [-0.1, -0.05) is 23.7 Å². The Morgan fingerprint density at radius 3 is 2.38 bits per heavy atom. The number of carbonyl (C=O) groups excluding carboxylic acids is 1. The van der Waals surface area contributed by atoms with Crippen LogP contribution >= 0.6 is 11.6 Å². The van der Waals surface area contributed by atoms with E-state index in [9.17, 15) is 26.4 Å². The van der Waals surface area contributed by atoms with Crippen molar-refractivity contribution in [3.63, 3.8) is 0 Å². The minimum atomic E-state index is -5.04. The van der Waals surface area contributed by atoms with Crippen LogP contribution in [0.3, 0.4) is 0 Å². The van der Waals surface area contributed by atoms with Crippen LogP contribution in [-0.4, -0.2) is 50.3 Å². The summed E-state index contributed by atoms with van der Waals surface area (Å²) < 4.78 is 66.5. The van der Waals surface area contributed by atoms with Crippen molar-refractivity contribution in [1.29, 1.82) is 0 Å². The lowest BCUT2D eigenvalue weighted by Gasteiger charge is -2.15. The molecule has 3 aromatic heterocycles. The summed E-state index contributed by atoms with van der Waals surface area (Å²) in [6.45, 7) is 0. The topological polar surface area (TPSA) is 125 Å². The third kappa shape index (κ3) is 4.49. The average Bonchev–Trinajstić information content (AvgIpc) is 3.43. The first-order valence-corrected chi connectivity index (χ1v) is 11.5. The Bertz CT molecular complexity index is 1490. The van der Waals surface area contributed by atoms with E-state index in [0.29, 0.717) is 10.9 Å². The Morgan fingerprint density at radius 2 is 1.76 bits per heavy atom. The highest BCUT2D eigenvalue weighted by atomic mass is 35.5. The maximum absolute atomic E-state index is 14.0. The van der Waals surface area contributed by atoms with Crippen molar-refractivity contribution >= 4 is 33.0 Å². The van der Waals surface area contributed by atoms with E-state index in [0.717, 1.165) is 23.2 Å². The van der Waals surface area contributed by atoms with Crippen molar-refractivity contribution in [1.82, 2.24) is 29.8 Å². The van der Waals surface area contributed by atoms with Crippen molar-refractivity contribution in [2.24, 2.45) is 0 Å². The van der Waals surface area contributed by atoms with Crippen molar-refractivity contribution < 1.29 is 26.4 Å². The van der Waals surface area contributed by atoms with Crippen LogP contribution in [0.1, 0.15) is 16.1 Å². The second-order valence-electron chi connectivity index (χ2n) is 6.86. The molecule has 0 saturated heterocycles. The number of anilines is 1. The molecule has 3 heterocycles. The van der Waals surface area contributed by atoms with E-state index >= 15 is 0 Å². The van der Waals surface area contributed by atoms with Crippen LogP contribution in [0.15, 0.2) is 60.0 Å². The fourth-order valence-electron chi connectivity index (χ4n) is 3.09. The number of rotatable bonds is 5. The number of alkyl halides is 3. The van der Waals surface area contributed by atoms with Gasteiger partial charge in [-0.2, -0.15) is 28.5 Å². The fraction of sp³-hybridized carbons (Fsp3) is 0.105. The molecule has 15 heteroatoms. The third-order valence-electron chi connectivity index (χ3n) is 4.46. The molecule has 1 amide bonds. The van der Waals surface area contributed by atoms with Gasteiger partial charge in [-0.05, 0) is 18.2 Å². The molecule has 4 rings (SSSR count). The van der Waals surface area contributed by atoms with Gasteiger partial charge in [-0.15, -0.1) is 4.80 Å². The van der Waals surface area contributed by atoms with Gasteiger partial charge in [-0.3, -0.25) is 4.79 Å². The Morgan fingerprint density at radius 1 is 1.09 bits per heavy atom. The van der Waals surface area contributed by atoms with E-state index in [2.05, 4.69) is 25.6 Å². The van der Waals surface area contributed by atoms with E-state index < -0.39 is 33.2 Å². The summed E-state index contributed by atoms with van der Waals surface area (Å²) in [4.78, 5) is 17.5. The second-order valence-corrected chi connectivity index (χ2v) is 9.25. The predicted molar refractivity (Wildman–Crippen MR) is 114 cm³/mol. The average molecular weight is 512 g/mol. The zero-order valence-corrected chi connectivity index (χ0v) is 18.6. The first-order valence-electron chi connectivity index (χ1n) is 9.25. The van der Waals surface area contributed by atoms with Crippen LogP contribution in [-0.2, 0) is 16.0 Å². The van der Waals surface area contributed by atoms with Crippen LogP contribution < -0.4 is 5.32 Å².